The first-order valence-electron chi connectivity index (χ1n) is 9.88. The van der Waals surface area contributed by atoms with Gasteiger partial charge >= 0.3 is 0 Å². The molecule has 1 unspecified atom stereocenters. The van der Waals surface area contributed by atoms with Crippen LogP contribution in [0.25, 0.3) is 11.4 Å². The Hall–Kier alpha value is -2.71. The van der Waals surface area contributed by atoms with Crippen LogP contribution in [0.3, 0.4) is 0 Å². The molecule has 1 fully saturated rings. The molecule has 1 aromatic heterocycles. The van der Waals surface area contributed by atoms with Crippen LogP contribution in [0.15, 0.2) is 53.7 Å². The third-order valence-corrected chi connectivity index (χ3v) is 5.83. The lowest BCUT2D eigenvalue weighted by Gasteiger charge is -2.14. The van der Waals surface area contributed by atoms with Crippen molar-refractivity contribution in [1.29, 1.82) is 0 Å². The molecule has 0 radical (unpaired) electrons. The molecule has 2 aromatic carbocycles. The SMILES string of the molecule is Cc1cccc(NC(=O)CSc2nnc(-c3ccc(F)cc3)n2CC2CCCO2)c1. The third kappa shape index (κ3) is 5.06. The Morgan fingerprint density at radius 2 is 2.10 bits per heavy atom. The summed E-state index contributed by atoms with van der Waals surface area (Å²) in [5.41, 5.74) is 2.63. The number of thioether (sulfide) groups is 1. The number of nitrogens with one attached hydrogen (secondary N) is 1. The lowest BCUT2D eigenvalue weighted by atomic mass is 10.2. The van der Waals surface area contributed by atoms with E-state index in [9.17, 15) is 9.18 Å². The van der Waals surface area contributed by atoms with Crippen molar-refractivity contribution in [3.63, 3.8) is 0 Å². The van der Waals surface area contributed by atoms with E-state index in [0.29, 0.717) is 17.5 Å². The van der Waals surface area contributed by atoms with Crippen molar-refractivity contribution in [2.24, 2.45) is 0 Å². The Kier molecular flexibility index (Phi) is 6.44. The molecular weight excluding hydrogens is 403 g/mol. The maximum Gasteiger partial charge on any atom is 0.234 e. The second-order valence-electron chi connectivity index (χ2n) is 7.27. The molecule has 8 heteroatoms. The summed E-state index contributed by atoms with van der Waals surface area (Å²) in [7, 11) is 0. The van der Waals surface area contributed by atoms with Gasteiger partial charge in [-0.3, -0.25) is 9.36 Å². The number of nitrogens with zero attached hydrogens (tertiary/aromatic N) is 3. The molecule has 4 rings (SSSR count). The summed E-state index contributed by atoms with van der Waals surface area (Å²) in [6.07, 6.45) is 2.08. The van der Waals surface area contributed by atoms with Crippen LogP contribution in [-0.4, -0.2) is 39.1 Å². The van der Waals surface area contributed by atoms with Crippen molar-refractivity contribution in [3.05, 3.63) is 59.9 Å². The molecule has 30 heavy (non-hydrogen) atoms. The average molecular weight is 427 g/mol. The quantitative estimate of drug-likeness (QED) is 0.571. The normalized spacial score (nSPS) is 16.0. The fourth-order valence-corrected chi connectivity index (χ4v) is 4.16. The molecule has 0 aliphatic carbocycles. The van der Waals surface area contributed by atoms with Crippen LogP contribution in [0.5, 0.6) is 0 Å². The van der Waals surface area contributed by atoms with Crippen LogP contribution in [0.4, 0.5) is 10.1 Å². The number of amides is 1. The molecule has 3 aromatic rings. The van der Waals surface area contributed by atoms with E-state index in [0.717, 1.165) is 36.3 Å². The number of carbonyl (C=O) groups excluding carboxylic acids is 1. The van der Waals surface area contributed by atoms with E-state index in [2.05, 4.69) is 15.5 Å². The zero-order chi connectivity index (χ0) is 20.9. The lowest BCUT2D eigenvalue weighted by Crippen LogP contribution is -2.18. The maximum atomic E-state index is 13.3. The van der Waals surface area contributed by atoms with Crippen LogP contribution in [0, 0.1) is 12.7 Å². The third-order valence-electron chi connectivity index (χ3n) is 4.86. The van der Waals surface area contributed by atoms with Crippen LogP contribution in [0.1, 0.15) is 18.4 Å². The van der Waals surface area contributed by atoms with Crippen molar-refractivity contribution in [3.8, 4) is 11.4 Å². The van der Waals surface area contributed by atoms with Gasteiger partial charge in [0, 0.05) is 17.9 Å². The van der Waals surface area contributed by atoms with E-state index in [1.54, 1.807) is 12.1 Å². The average Bonchev–Trinajstić information content (AvgIpc) is 3.38. The summed E-state index contributed by atoms with van der Waals surface area (Å²) in [5, 5.41) is 12.2. The van der Waals surface area contributed by atoms with Crippen molar-refractivity contribution in [2.75, 3.05) is 17.7 Å². The lowest BCUT2D eigenvalue weighted by molar-refractivity contribution is -0.113. The summed E-state index contributed by atoms with van der Waals surface area (Å²) in [6, 6.07) is 13.9. The number of anilines is 1. The van der Waals surface area contributed by atoms with E-state index in [4.69, 9.17) is 4.74 Å². The largest absolute Gasteiger partial charge is 0.376 e. The van der Waals surface area contributed by atoms with E-state index < -0.39 is 0 Å². The molecule has 6 nitrogen and oxygen atoms in total. The van der Waals surface area contributed by atoms with Gasteiger partial charge in [-0.05, 0) is 61.7 Å². The monoisotopic (exact) mass is 426 g/mol. The van der Waals surface area contributed by atoms with Crippen LogP contribution in [-0.2, 0) is 16.1 Å². The molecule has 1 saturated heterocycles. The number of benzene rings is 2. The topological polar surface area (TPSA) is 69.0 Å². The first-order chi connectivity index (χ1) is 14.6. The van der Waals surface area contributed by atoms with Crippen molar-refractivity contribution >= 4 is 23.4 Å². The van der Waals surface area contributed by atoms with E-state index in [1.807, 2.05) is 35.8 Å². The second kappa shape index (κ2) is 9.40. The smallest absolute Gasteiger partial charge is 0.234 e. The van der Waals surface area contributed by atoms with Gasteiger partial charge in [0.15, 0.2) is 11.0 Å². The van der Waals surface area contributed by atoms with Gasteiger partial charge in [0.25, 0.3) is 0 Å². The number of aryl methyl sites for hydroxylation is 1. The zero-order valence-corrected chi connectivity index (χ0v) is 17.5. The van der Waals surface area contributed by atoms with Crippen LogP contribution < -0.4 is 5.32 Å². The molecular formula is C22H23FN4O2S. The zero-order valence-electron chi connectivity index (χ0n) is 16.7. The van der Waals surface area contributed by atoms with Gasteiger partial charge < -0.3 is 10.1 Å². The van der Waals surface area contributed by atoms with Gasteiger partial charge in [0.1, 0.15) is 5.82 Å². The predicted molar refractivity (Wildman–Crippen MR) is 115 cm³/mol. The van der Waals surface area contributed by atoms with Crippen LogP contribution >= 0.6 is 11.8 Å². The highest BCUT2D eigenvalue weighted by molar-refractivity contribution is 7.99. The molecule has 0 bridgehead atoms. The Balaban J connectivity index is 1.50. The van der Waals surface area contributed by atoms with Crippen molar-refractivity contribution in [2.45, 2.75) is 37.6 Å². The van der Waals surface area contributed by atoms with Gasteiger partial charge in [0.05, 0.1) is 18.4 Å². The van der Waals surface area contributed by atoms with Gasteiger partial charge in [0.2, 0.25) is 5.91 Å². The highest BCUT2D eigenvalue weighted by Gasteiger charge is 2.22. The summed E-state index contributed by atoms with van der Waals surface area (Å²) < 4.78 is 21.1. The number of halogens is 1. The van der Waals surface area contributed by atoms with Gasteiger partial charge in [-0.25, -0.2) is 4.39 Å². The molecule has 2 heterocycles. The Bertz CT molecular complexity index is 1020. The number of ether oxygens (including phenoxy) is 1. The number of hydrogen-bond acceptors (Lipinski definition) is 5. The minimum atomic E-state index is -0.300. The second-order valence-corrected chi connectivity index (χ2v) is 8.21. The molecule has 0 spiro atoms. The van der Waals surface area contributed by atoms with Crippen LogP contribution in [0.2, 0.25) is 0 Å². The first kappa shape index (κ1) is 20.6. The van der Waals surface area contributed by atoms with Crippen molar-refractivity contribution < 1.29 is 13.9 Å². The van der Waals surface area contributed by atoms with Crippen molar-refractivity contribution in [1.82, 2.24) is 14.8 Å². The predicted octanol–water partition coefficient (Wildman–Crippen LogP) is 4.30. The van der Waals surface area contributed by atoms with E-state index in [1.165, 1.54) is 23.9 Å². The van der Waals surface area contributed by atoms with Gasteiger partial charge in [-0.1, -0.05) is 23.9 Å². The summed E-state index contributed by atoms with van der Waals surface area (Å²) >= 11 is 1.33. The highest BCUT2D eigenvalue weighted by Crippen LogP contribution is 2.27. The Morgan fingerprint density at radius 1 is 1.27 bits per heavy atom. The summed E-state index contributed by atoms with van der Waals surface area (Å²) in [4.78, 5) is 12.4. The minimum Gasteiger partial charge on any atom is -0.376 e. The molecule has 1 amide bonds. The minimum absolute atomic E-state index is 0.0840. The summed E-state index contributed by atoms with van der Waals surface area (Å²) in [5.74, 6) is 0.445. The fourth-order valence-electron chi connectivity index (χ4n) is 3.41. The Morgan fingerprint density at radius 3 is 2.83 bits per heavy atom. The number of aromatic nitrogens is 3. The molecule has 0 saturated carbocycles. The van der Waals surface area contributed by atoms with E-state index >= 15 is 0 Å². The number of carbonyl (C=O) groups is 1. The molecule has 1 atom stereocenters. The molecule has 1 aliphatic heterocycles. The van der Waals surface area contributed by atoms with Gasteiger partial charge in [-0.2, -0.15) is 0 Å². The molecule has 156 valence electrons. The molecule has 1 aliphatic rings. The molecule has 1 N–H and O–H groups in total. The highest BCUT2D eigenvalue weighted by atomic mass is 32.2. The standard InChI is InChI=1S/C22H23FN4O2S/c1-15-4-2-5-18(12-15)24-20(28)14-30-22-26-25-21(16-7-9-17(23)10-8-16)27(22)13-19-6-3-11-29-19/h2,4-5,7-10,12,19H,3,6,11,13-14H2,1H3,(H,24,28). The number of hydrogen-bond donors (Lipinski definition) is 1. The maximum absolute atomic E-state index is 13.3. The van der Waals surface area contributed by atoms with Gasteiger partial charge in [-0.15, -0.1) is 10.2 Å². The van der Waals surface area contributed by atoms with E-state index in [-0.39, 0.29) is 23.6 Å². The fraction of sp³-hybridized carbons (Fsp3) is 0.318. The Labute approximate surface area is 178 Å². The number of rotatable bonds is 7. The first-order valence-corrected chi connectivity index (χ1v) is 10.9. The summed E-state index contributed by atoms with van der Waals surface area (Å²) in [6.45, 7) is 3.33.